The molecule has 0 bridgehead atoms. The van der Waals surface area contributed by atoms with E-state index in [0.29, 0.717) is 0 Å². The van der Waals surface area contributed by atoms with Crippen molar-refractivity contribution in [2.45, 2.75) is 0 Å². The molecule has 210 valence electrons. The van der Waals surface area contributed by atoms with E-state index in [0.717, 1.165) is 27.3 Å². The van der Waals surface area contributed by atoms with E-state index in [2.05, 4.69) is 156 Å². The van der Waals surface area contributed by atoms with Gasteiger partial charge in [0.25, 0.3) is 0 Å². The molecule has 0 spiro atoms. The molecule has 3 aromatic heterocycles. The highest BCUT2D eigenvalue weighted by molar-refractivity contribution is 7.26. The van der Waals surface area contributed by atoms with Crippen LogP contribution in [0.25, 0.3) is 91.9 Å². The van der Waals surface area contributed by atoms with Gasteiger partial charge in [-0.05, 0) is 76.2 Å². The van der Waals surface area contributed by atoms with Gasteiger partial charge in [-0.3, -0.25) is 0 Å². The zero-order valence-corrected chi connectivity index (χ0v) is 25.0. The van der Waals surface area contributed by atoms with Gasteiger partial charge in [-0.1, -0.05) is 103 Å². The van der Waals surface area contributed by atoms with Crippen molar-refractivity contribution in [3.63, 3.8) is 0 Å². The normalized spacial score (nSPS) is 12.0. The maximum Gasteiger partial charge on any atom is 0.143 e. The van der Waals surface area contributed by atoms with Crippen molar-refractivity contribution in [3.05, 3.63) is 152 Å². The largest absolute Gasteiger partial charge is 0.455 e. The second-order valence-corrected chi connectivity index (χ2v) is 12.8. The molecule has 0 saturated carbocycles. The minimum atomic E-state index is 0.917. The molecule has 0 N–H and O–H groups in total. The molecule has 0 radical (unpaired) electrons. The van der Waals surface area contributed by atoms with E-state index in [9.17, 15) is 0 Å². The van der Waals surface area contributed by atoms with E-state index in [4.69, 9.17) is 4.42 Å². The molecule has 10 rings (SSSR count). The first-order chi connectivity index (χ1) is 22.3. The lowest BCUT2D eigenvalue weighted by Crippen LogP contribution is -1.92. The molecule has 0 unspecified atom stereocenters. The van der Waals surface area contributed by atoms with E-state index in [1.165, 1.54) is 64.5 Å². The van der Waals surface area contributed by atoms with Crippen molar-refractivity contribution >= 4 is 75.3 Å². The van der Waals surface area contributed by atoms with Gasteiger partial charge in [-0.2, -0.15) is 0 Å². The number of fused-ring (bicyclic) bond motifs is 10. The van der Waals surface area contributed by atoms with Crippen molar-refractivity contribution in [1.29, 1.82) is 0 Å². The maximum absolute atomic E-state index is 6.49. The second kappa shape index (κ2) is 9.43. The number of hydrogen-bond acceptors (Lipinski definition) is 2. The molecule has 0 saturated heterocycles. The molecule has 0 amide bonds. The third-order valence-corrected chi connectivity index (χ3v) is 10.4. The summed E-state index contributed by atoms with van der Waals surface area (Å²) in [5, 5.41) is 7.24. The summed E-state index contributed by atoms with van der Waals surface area (Å²) in [4.78, 5) is 0. The van der Waals surface area contributed by atoms with E-state index < -0.39 is 0 Å². The van der Waals surface area contributed by atoms with E-state index in [1.54, 1.807) is 0 Å². The summed E-state index contributed by atoms with van der Waals surface area (Å²) < 4.78 is 11.6. The van der Waals surface area contributed by atoms with Gasteiger partial charge in [0, 0.05) is 37.3 Å². The molecule has 45 heavy (non-hydrogen) atoms. The number of aromatic nitrogens is 1. The summed E-state index contributed by atoms with van der Waals surface area (Å²) in [6.07, 6.45) is 0. The first-order valence-corrected chi connectivity index (χ1v) is 16.1. The predicted molar refractivity (Wildman–Crippen MR) is 192 cm³/mol. The molecule has 7 aromatic carbocycles. The zero-order valence-electron chi connectivity index (χ0n) is 24.2. The highest BCUT2D eigenvalue weighted by Crippen LogP contribution is 2.44. The topological polar surface area (TPSA) is 18.1 Å². The number of benzene rings is 7. The van der Waals surface area contributed by atoms with Crippen LogP contribution in [0.1, 0.15) is 0 Å². The summed E-state index contributed by atoms with van der Waals surface area (Å²) >= 11 is 1.88. The number of hydrogen-bond donors (Lipinski definition) is 0. The highest BCUT2D eigenvalue weighted by atomic mass is 32.1. The maximum atomic E-state index is 6.49. The summed E-state index contributed by atoms with van der Waals surface area (Å²) in [6.45, 7) is 0. The van der Waals surface area contributed by atoms with Gasteiger partial charge < -0.3 is 8.98 Å². The highest BCUT2D eigenvalue weighted by Gasteiger charge is 2.19. The average Bonchev–Trinajstić information content (AvgIpc) is 3.77. The third-order valence-electron chi connectivity index (χ3n) is 9.18. The number of para-hydroxylation sites is 2. The lowest BCUT2D eigenvalue weighted by molar-refractivity contribution is 0.673. The van der Waals surface area contributed by atoms with Crippen LogP contribution in [0.4, 0.5) is 0 Å². The van der Waals surface area contributed by atoms with Crippen molar-refractivity contribution in [2.24, 2.45) is 0 Å². The van der Waals surface area contributed by atoms with Gasteiger partial charge in [0.15, 0.2) is 0 Å². The molecule has 0 fully saturated rings. The van der Waals surface area contributed by atoms with Crippen LogP contribution in [0.5, 0.6) is 0 Å². The summed E-state index contributed by atoms with van der Waals surface area (Å²) in [6, 6.07) is 54.6. The number of furan rings is 1. The average molecular weight is 592 g/mol. The summed E-state index contributed by atoms with van der Waals surface area (Å²) in [5.74, 6) is 0. The summed E-state index contributed by atoms with van der Waals surface area (Å²) in [5.41, 5.74) is 10.4. The molecular weight excluding hydrogens is 567 g/mol. The lowest BCUT2D eigenvalue weighted by atomic mass is 9.95. The van der Waals surface area contributed by atoms with Crippen LogP contribution in [-0.2, 0) is 0 Å². The van der Waals surface area contributed by atoms with Crippen LogP contribution >= 0.6 is 11.3 Å². The SMILES string of the molecule is c1ccc(-n2c3ccccc3c3sc4ccc(-c5cccc(-c6cccc7oc8c9ccccc9ccc8c67)c5)cc4c32)cc1. The van der Waals surface area contributed by atoms with Crippen molar-refractivity contribution in [3.8, 4) is 27.9 Å². The fraction of sp³-hybridized carbons (Fsp3) is 0. The van der Waals surface area contributed by atoms with Gasteiger partial charge in [-0.25, -0.2) is 0 Å². The first-order valence-electron chi connectivity index (χ1n) is 15.3. The number of thiophene rings is 1. The minimum Gasteiger partial charge on any atom is -0.455 e. The quantitative estimate of drug-likeness (QED) is 0.200. The number of rotatable bonds is 3. The van der Waals surface area contributed by atoms with Crippen LogP contribution in [0.15, 0.2) is 156 Å². The fourth-order valence-corrected chi connectivity index (χ4v) is 8.36. The van der Waals surface area contributed by atoms with E-state index in [1.807, 2.05) is 11.3 Å². The standard InChI is InChI=1S/C42H25NOS/c1-2-13-30(14-3-1)43-36-18-7-6-16-33(36)42-40(43)35-25-28(21-23-38(35)45-42)27-11-8-12-29(24-27)31-17-9-19-37-39(31)34-22-20-26-10-4-5-15-32(26)41(34)44-37/h1-25H. The van der Waals surface area contributed by atoms with Gasteiger partial charge >= 0.3 is 0 Å². The van der Waals surface area contributed by atoms with Gasteiger partial charge in [0.05, 0.1) is 15.7 Å². The van der Waals surface area contributed by atoms with Crippen LogP contribution < -0.4 is 0 Å². The Balaban J connectivity index is 1.18. The van der Waals surface area contributed by atoms with Gasteiger partial charge in [0.2, 0.25) is 0 Å². The van der Waals surface area contributed by atoms with E-state index >= 15 is 0 Å². The van der Waals surface area contributed by atoms with Crippen molar-refractivity contribution in [1.82, 2.24) is 4.57 Å². The zero-order chi connectivity index (χ0) is 29.5. The van der Waals surface area contributed by atoms with Crippen LogP contribution in [0.2, 0.25) is 0 Å². The molecule has 0 aliphatic heterocycles. The second-order valence-electron chi connectivity index (χ2n) is 11.7. The smallest absolute Gasteiger partial charge is 0.143 e. The van der Waals surface area contributed by atoms with Crippen LogP contribution in [0.3, 0.4) is 0 Å². The third kappa shape index (κ3) is 3.62. The molecule has 0 aliphatic rings. The molecule has 0 atom stereocenters. The Morgan fingerprint density at radius 1 is 0.511 bits per heavy atom. The Morgan fingerprint density at radius 3 is 2.22 bits per heavy atom. The summed E-state index contributed by atoms with van der Waals surface area (Å²) in [7, 11) is 0. The Kier molecular flexibility index (Phi) is 5.19. The monoisotopic (exact) mass is 591 g/mol. The van der Waals surface area contributed by atoms with E-state index in [-0.39, 0.29) is 0 Å². The molecule has 2 nitrogen and oxygen atoms in total. The predicted octanol–water partition coefficient (Wildman–Crippen LogP) is 12.4. The molecule has 0 aliphatic carbocycles. The van der Waals surface area contributed by atoms with Gasteiger partial charge in [0.1, 0.15) is 11.2 Å². The Morgan fingerprint density at radius 2 is 1.29 bits per heavy atom. The van der Waals surface area contributed by atoms with Crippen LogP contribution in [-0.4, -0.2) is 4.57 Å². The molecule has 3 heteroatoms. The first kappa shape index (κ1) is 24.8. The minimum absolute atomic E-state index is 0.917. The Bertz CT molecular complexity index is 2760. The Labute approximate surface area is 263 Å². The van der Waals surface area contributed by atoms with Crippen molar-refractivity contribution < 1.29 is 4.42 Å². The molecule has 10 aromatic rings. The van der Waals surface area contributed by atoms with Crippen LogP contribution in [0, 0.1) is 0 Å². The molecular formula is C42H25NOS. The number of nitrogens with zero attached hydrogens (tertiary/aromatic N) is 1. The lowest BCUT2D eigenvalue weighted by Gasteiger charge is -2.10. The van der Waals surface area contributed by atoms with Crippen molar-refractivity contribution in [2.75, 3.05) is 0 Å². The Hall–Kier alpha value is -5.64. The molecule has 3 heterocycles. The fourth-order valence-electron chi connectivity index (χ4n) is 7.16. The van der Waals surface area contributed by atoms with Gasteiger partial charge in [-0.15, -0.1) is 11.3 Å².